The SMILES string of the molecule is N#Cc1ccc(C(F)(F)F)nc1N1CCOCC1C(N)=O. The molecule has 1 atom stereocenters. The van der Waals surface area contributed by atoms with E-state index in [0.717, 1.165) is 12.1 Å². The summed E-state index contributed by atoms with van der Waals surface area (Å²) in [5.74, 6) is -0.961. The molecule has 0 saturated carbocycles. The monoisotopic (exact) mass is 300 g/mol. The number of carbonyl (C=O) groups is 1. The van der Waals surface area contributed by atoms with Gasteiger partial charge in [-0.15, -0.1) is 0 Å². The van der Waals surface area contributed by atoms with E-state index in [2.05, 4.69) is 4.98 Å². The number of anilines is 1. The number of primary amides is 1. The van der Waals surface area contributed by atoms with E-state index < -0.39 is 23.8 Å². The summed E-state index contributed by atoms with van der Waals surface area (Å²) < 4.78 is 43.3. The molecule has 1 fully saturated rings. The van der Waals surface area contributed by atoms with E-state index in [0.29, 0.717) is 0 Å². The Kier molecular flexibility index (Phi) is 3.99. The van der Waals surface area contributed by atoms with Gasteiger partial charge in [0.25, 0.3) is 0 Å². The summed E-state index contributed by atoms with van der Waals surface area (Å²) in [5, 5.41) is 9.02. The number of amides is 1. The first-order chi connectivity index (χ1) is 9.84. The molecular weight excluding hydrogens is 289 g/mol. The van der Waals surface area contributed by atoms with Crippen LogP contribution in [0.4, 0.5) is 19.0 Å². The summed E-state index contributed by atoms with van der Waals surface area (Å²) in [6, 6.07) is 2.56. The average Bonchev–Trinajstić information content (AvgIpc) is 2.45. The predicted octanol–water partition coefficient (Wildman–Crippen LogP) is 0.663. The van der Waals surface area contributed by atoms with Crippen molar-refractivity contribution >= 4 is 11.7 Å². The number of carbonyl (C=O) groups excluding carboxylic acids is 1. The van der Waals surface area contributed by atoms with Gasteiger partial charge in [-0.05, 0) is 12.1 Å². The van der Waals surface area contributed by atoms with Gasteiger partial charge < -0.3 is 15.4 Å². The molecule has 0 spiro atoms. The zero-order chi connectivity index (χ0) is 15.6. The van der Waals surface area contributed by atoms with E-state index in [1.807, 2.05) is 0 Å². The summed E-state index contributed by atoms with van der Waals surface area (Å²) in [6.45, 7) is 0.265. The second-order valence-electron chi connectivity index (χ2n) is 4.36. The normalized spacial score (nSPS) is 19.1. The van der Waals surface area contributed by atoms with Crippen molar-refractivity contribution in [1.82, 2.24) is 4.98 Å². The minimum atomic E-state index is -4.64. The van der Waals surface area contributed by atoms with Crippen LogP contribution in [0.3, 0.4) is 0 Å². The molecule has 1 aromatic heterocycles. The quantitative estimate of drug-likeness (QED) is 0.866. The molecular formula is C12H11F3N4O2. The smallest absolute Gasteiger partial charge is 0.377 e. The third kappa shape index (κ3) is 3.05. The Morgan fingerprint density at radius 3 is 2.81 bits per heavy atom. The van der Waals surface area contributed by atoms with Crippen molar-refractivity contribution in [3.05, 3.63) is 23.4 Å². The summed E-state index contributed by atoms with van der Waals surface area (Å²) in [7, 11) is 0. The molecule has 21 heavy (non-hydrogen) atoms. The number of ether oxygens (including phenoxy) is 1. The van der Waals surface area contributed by atoms with Gasteiger partial charge >= 0.3 is 6.18 Å². The molecule has 0 bridgehead atoms. The van der Waals surface area contributed by atoms with Gasteiger partial charge in [-0.25, -0.2) is 4.98 Å². The van der Waals surface area contributed by atoms with Gasteiger partial charge in [0.2, 0.25) is 5.91 Å². The van der Waals surface area contributed by atoms with Crippen LogP contribution in [0, 0.1) is 11.3 Å². The first kappa shape index (κ1) is 15.1. The Morgan fingerprint density at radius 2 is 2.24 bits per heavy atom. The van der Waals surface area contributed by atoms with Gasteiger partial charge in [0.1, 0.15) is 23.6 Å². The Hall–Kier alpha value is -2.34. The summed E-state index contributed by atoms with van der Waals surface area (Å²) in [4.78, 5) is 16.2. The maximum absolute atomic E-state index is 12.7. The average molecular weight is 300 g/mol. The molecule has 2 N–H and O–H groups in total. The number of nitrogens with two attached hydrogens (primary N) is 1. The molecule has 1 saturated heterocycles. The van der Waals surface area contributed by atoms with Crippen LogP contribution in [0.25, 0.3) is 0 Å². The van der Waals surface area contributed by atoms with Crippen LogP contribution in [-0.4, -0.2) is 36.7 Å². The molecule has 1 aliphatic rings. The van der Waals surface area contributed by atoms with Crippen molar-refractivity contribution in [2.24, 2.45) is 5.73 Å². The van der Waals surface area contributed by atoms with Crippen LogP contribution in [-0.2, 0) is 15.7 Å². The maximum atomic E-state index is 12.7. The van der Waals surface area contributed by atoms with Gasteiger partial charge in [0, 0.05) is 6.54 Å². The Morgan fingerprint density at radius 1 is 1.52 bits per heavy atom. The number of alkyl halides is 3. The van der Waals surface area contributed by atoms with E-state index in [9.17, 15) is 18.0 Å². The molecule has 112 valence electrons. The van der Waals surface area contributed by atoms with Crippen molar-refractivity contribution in [1.29, 1.82) is 5.26 Å². The number of hydrogen-bond acceptors (Lipinski definition) is 5. The van der Waals surface area contributed by atoms with Gasteiger partial charge in [0.15, 0.2) is 0 Å². The lowest BCUT2D eigenvalue weighted by atomic mass is 10.1. The highest BCUT2D eigenvalue weighted by Crippen LogP contribution is 2.31. The van der Waals surface area contributed by atoms with Crippen LogP contribution in [0.2, 0.25) is 0 Å². The van der Waals surface area contributed by atoms with Crippen LogP contribution in [0.1, 0.15) is 11.3 Å². The number of rotatable bonds is 2. The van der Waals surface area contributed by atoms with Gasteiger partial charge in [-0.2, -0.15) is 18.4 Å². The molecule has 2 heterocycles. The van der Waals surface area contributed by atoms with E-state index in [1.54, 1.807) is 6.07 Å². The third-order valence-corrected chi connectivity index (χ3v) is 3.01. The highest BCUT2D eigenvalue weighted by atomic mass is 19.4. The predicted molar refractivity (Wildman–Crippen MR) is 65.1 cm³/mol. The van der Waals surface area contributed by atoms with Gasteiger partial charge in [-0.3, -0.25) is 4.79 Å². The van der Waals surface area contributed by atoms with Crippen molar-refractivity contribution in [2.45, 2.75) is 12.2 Å². The highest BCUT2D eigenvalue weighted by molar-refractivity contribution is 5.84. The van der Waals surface area contributed by atoms with Crippen LogP contribution >= 0.6 is 0 Å². The molecule has 1 aromatic rings. The number of nitriles is 1. The first-order valence-corrected chi connectivity index (χ1v) is 5.96. The standard InChI is InChI=1S/C12H11F3N4O2/c13-12(14,15)9-2-1-7(5-16)11(18-9)19-3-4-21-6-8(19)10(17)20/h1-2,8H,3-4,6H2,(H2,17,20). The maximum Gasteiger partial charge on any atom is 0.433 e. The summed E-state index contributed by atoms with van der Waals surface area (Å²) in [5.41, 5.74) is 4.02. The van der Waals surface area contributed by atoms with Crippen LogP contribution in [0.5, 0.6) is 0 Å². The first-order valence-electron chi connectivity index (χ1n) is 5.96. The zero-order valence-corrected chi connectivity index (χ0v) is 10.7. The molecule has 6 nitrogen and oxygen atoms in total. The number of halogens is 3. The van der Waals surface area contributed by atoms with Crippen LogP contribution in [0.15, 0.2) is 12.1 Å². The van der Waals surface area contributed by atoms with Gasteiger partial charge in [-0.1, -0.05) is 0 Å². The lowest BCUT2D eigenvalue weighted by Crippen LogP contribution is -2.53. The fourth-order valence-corrected chi connectivity index (χ4v) is 2.01. The van der Waals surface area contributed by atoms with E-state index in [1.165, 1.54) is 4.90 Å². The molecule has 1 aliphatic heterocycles. The Labute approximate surface area is 117 Å². The number of hydrogen-bond donors (Lipinski definition) is 1. The number of morpholine rings is 1. The molecule has 2 rings (SSSR count). The largest absolute Gasteiger partial charge is 0.433 e. The fraction of sp³-hybridized carbons (Fsp3) is 0.417. The molecule has 0 radical (unpaired) electrons. The fourth-order valence-electron chi connectivity index (χ4n) is 2.01. The summed E-state index contributed by atoms with van der Waals surface area (Å²) >= 11 is 0. The topological polar surface area (TPSA) is 92.2 Å². The Balaban J connectivity index is 2.49. The van der Waals surface area contributed by atoms with E-state index >= 15 is 0 Å². The minimum Gasteiger partial charge on any atom is -0.377 e. The number of nitrogens with zero attached hydrogens (tertiary/aromatic N) is 3. The molecule has 1 unspecified atom stereocenters. The van der Waals surface area contributed by atoms with Crippen molar-refractivity contribution in [3.8, 4) is 6.07 Å². The number of aromatic nitrogens is 1. The highest BCUT2D eigenvalue weighted by Gasteiger charge is 2.36. The minimum absolute atomic E-state index is 0.0574. The lowest BCUT2D eigenvalue weighted by Gasteiger charge is -2.35. The van der Waals surface area contributed by atoms with Gasteiger partial charge in [0.05, 0.1) is 18.8 Å². The van der Waals surface area contributed by atoms with Crippen molar-refractivity contribution < 1.29 is 22.7 Å². The zero-order valence-electron chi connectivity index (χ0n) is 10.7. The summed E-state index contributed by atoms with van der Waals surface area (Å²) in [6.07, 6.45) is -4.64. The number of pyridine rings is 1. The van der Waals surface area contributed by atoms with Crippen molar-refractivity contribution in [3.63, 3.8) is 0 Å². The lowest BCUT2D eigenvalue weighted by molar-refractivity contribution is -0.141. The van der Waals surface area contributed by atoms with Crippen LogP contribution < -0.4 is 10.6 Å². The molecule has 9 heteroatoms. The second-order valence-corrected chi connectivity index (χ2v) is 4.36. The second kappa shape index (κ2) is 5.57. The van der Waals surface area contributed by atoms with E-state index in [-0.39, 0.29) is 31.1 Å². The molecule has 1 amide bonds. The Bertz CT molecular complexity index is 597. The third-order valence-electron chi connectivity index (χ3n) is 3.01. The molecule has 0 aromatic carbocycles. The van der Waals surface area contributed by atoms with E-state index in [4.69, 9.17) is 15.7 Å². The van der Waals surface area contributed by atoms with Crippen molar-refractivity contribution in [2.75, 3.05) is 24.7 Å². The molecule has 0 aliphatic carbocycles.